The van der Waals surface area contributed by atoms with Crippen molar-refractivity contribution in [3.63, 3.8) is 0 Å². The SMILES string of the molecule is CCOc1cccc(C(c2cccnc2)N2CCCCC2C(=O)O)c1. The number of ether oxygens (including phenoxy) is 1. The Morgan fingerprint density at radius 2 is 2.16 bits per heavy atom. The smallest absolute Gasteiger partial charge is 0.320 e. The Bertz CT molecular complexity index is 705. The summed E-state index contributed by atoms with van der Waals surface area (Å²) in [5, 5.41) is 9.71. The molecule has 0 saturated carbocycles. The van der Waals surface area contributed by atoms with Crippen molar-refractivity contribution in [2.45, 2.75) is 38.3 Å². The van der Waals surface area contributed by atoms with Crippen molar-refractivity contribution in [3.05, 3.63) is 59.9 Å². The Morgan fingerprint density at radius 3 is 2.88 bits per heavy atom. The molecule has 0 spiro atoms. The van der Waals surface area contributed by atoms with Crippen molar-refractivity contribution in [3.8, 4) is 5.75 Å². The summed E-state index contributed by atoms with van der Waals surface area (Å²) in [5.74, 6) is 0.0485. The molecule has 1 aromatic carbocycles. The van der Waals surface area contributed by atoms with Gasteiger partial charge < -0.3 is 9.84 Å². The van der Waals surface area contributed by atoms with E-state index >= 15 is 0 Å². The molecule has 5 nitrogen and oxygen atoms in total. The van der Waals surface area contributed by atoms with E-state index < -0.39 is 12.0 Å². The van der Waals surface area contributed by atoms with Crippen molar-refractivity contribution in [1.82, 2.24) is 9.88 Å². The third-order valence-corrected chi connectivity index (χ3v) is 4.65. The summed E-state index contributed by atoms with van der Waals surface area (Å²) in [7, 11) is 0. The number of rotatable bonds is 6. The lowest BCUT2D eigenvalue weighted by molar-refractivity contribution is -0.145. The van der Waals surface area contributed by atoms with Gasteiger partial charge in [0.05, 0.1) is 12.6 Å². The molecule has 132 valence electrons. The number of aromatic nitrogens is 1. The lowest BCUT2D eigenvalue weighted by atomic mass is 9.92. The van der Waals surface area contributed by atoms with E-state index in [-0.39, 0.29) is 6.04 Å². The van der Waals surface area contributed by atoms with Crippen LogP contribution >= 0.6 is 0 Å². The molecule has 1 aromatic heterocycles. The first-order chi connectivity index (χ1) is 12.2. The third kappa shape index (κ3) is 3.99. The molecule has 1 aliphatic heterocycles. The molecule has 3 rings (SSSR count). The summed E-state index contributed by atoms with van der Waals surface area (Å²) in [5.41, 5.74) is 2.04. The lowest BCUT2D eigenvalue weighted by Gasteiger charge is -2.39. The number of carboxylic acids is 1. The monoisotopic (exact) mass is 340 g/mol. The second kappa shape index (κ2) is 8.12. The highest BCUT2D eigenvalue weighted by Crippen LogP contribution is 2.35. The van der Waals surface area contributed by atoms with Crippen molar-refractivity contribution in [2.75, 3.05) is 13.2 Å². The Hall–Kier alpha value is -2.40. The molecule has 0 aliphatic carbocycles. The van der Waals surface area contributed by atoms with Gasteiger partial charge in [-0.15, -0.1) is 0 Å². The van der Waals surface area contributed by atoms with Crippen molar-refractivity contribution in [2.24, 2.45) is 0 Å². The summed E-state index contributed by atoms with van der Waals surface area (Å²) < 4.78 is 5.64. The number of carboxylic acid groups (broad SMARTS) is 1. The van der Waals surface area contributed by atoms with Gasteiger partial charge in [0.2, 0.25) is 0 Å². The van der Waals surface area contributed by atoms with Crippen LogP contribution in [0.4, 0.5) is 0 Å². The fourth-order valence-electron chi connectivity index (χ4n) is 3.58. The van der Waals surface area contributed by atoms with Gasteiger partial charge in [-0.25, -0.2) is 0 Å². The average molecular weight is 340 g/mol. The summed E-state index contributed by atoms with van der Waals surface area (Å²) in [6.07, 6.45) is 6.20. The maximum absolute atomic E-state index is 11.8. The van der Waals surface area contributed by atoms with E-state index in [0.29, 0.717) is 13.0 Å². The number of likely N-dealkylation sites (tertiary alicyclic amines) is 1. The first-order valence-electron chi connectivity index (χ1n) is 8.82. The topological polar surface area (TPSA) is 62.7 Å². The number of nitrogens with zero attached hydrogens (tertiary/aromatic N) is 2. The van der Waals surface area contributed by atoms with Crippen LogP contribution in [0.15, 0.2) is 48.8 Å². The summed E-state index contributed by atoms with van der Waals surface area (Å²) in [6.45, 7) is 3.31. The number of pyridine rings is 1. The van der Waals surface area contributed by atoms with Crippen molar-refractivity contribution < 1.29 is 14.6 Å². The minimum Gasteiger partial charge on any atom is -0.494 e. The molecule has 1 saturated heterocycles. The van der Waals surface area contributed by atoms with Crippen LogP contribution in [0.1, 0.15) is 43.4 Å². The number of hydrogen-bond acceptors (Lipinski definition) is 4. The van der Waals surface area contributed by atoms with Crippen LogP contribution in [0.5, 0.6) is 5.75 Å². The van der Waals surface area contributed by atoms with Crippen molar-refractivity contribution in [1.29, 1.82) is 0 Å². The van der Waals surface area contributed by atoms with E-state index in [4.69, 9.17) is 4.74 Å². The summed E-state index contributed by atoms with van der Waals surface area (Å²) in [6, 6.07) is 11.2. The molecule has 1 N–H and O–H groups in total. The Morgan fingerprint density at radius 1 is 1.32 bits per heavy atom. The van der Waals surface area contributed by atoms with Crippen LogP contribution in [-0.2, 0) is 4.79 Å². The standard InChI is InChI=1S/C20H24N2O3/c1-2-25-17-9-5-7-15(13-17)19(16-8-6-11-21-14-16)22-12-4-3-10-18(22)20(23)24/h5-9,11,13-14,18-19H,2-4,10,12H2,1H3,(H,23,24). The van der Waals surface area contributed by atoms with Gasteiger partial charge in [0.25, 0.3) is 0 Å². The van der Waals surface area contributed by atoms with Gasteiger partial charge in [-0.3, -0.25) is 14.7 Å². The van der Waals surface area contributed by atoms with Crippen LogP contribution in [0.25, 0.3) is 0 Å². The molecule has 0 radical (unpaired) electrons. The summed E-state index contributed by atoms with van der Waals surface area (Å²) in [4.78, 5) is 18.2. The molecular formula is C20H24N2O3. The number of hydrogen-bond donors (Lipinski definition) is 1. The molecule has 5 heteroatoms. The van der Waals surface area contributed by atoms with E-state index in [0.717, 1.165) is 36.3 Å². The molecule has 25 heavy (non-hydrogen) atoms. The highest BCUT2D eigenvalue weighted by Gasteiger charge is 2.35. The van der Waals surface area contributed by atoms with Crippen molar-refractivity contribution >= 4 is 5.97 Å². The maximum Gasteiger partial charge on any atom is 0.320 e. The van der Waals surface area contributed by atoms with Crippen LogP contribution in [0.2, 0.25) is 0 Å². The van der Waals surface area contributed by atoms with Gasteiger partial charge >= 0.3 is 5.97 Å². The Balaban J connectivity index is 2.04. The van der Waals surface area contributed by atoms with E-state index in [9.17, 15) is 9.90 Å². The van der Waals surface area contributed by atoms with Gasteiger partial charge in [0, 0.05) is 12.4 Å². The molecule has 0 amide bonds. The highest BCUT2D eigenvalue weighted by atomic mass is 16.5. The zero-order valence-electron chi connectivity index (χ0n) is 14.5. The second-order valence-electron chi connectivity index (χ2n) is 6.28. The first kappa shape index (κ1) is 17.4. The summed E-state index contributed by atoms with van der Waals surface area (Å²) >= 11 is 0. The molecule has 2 unspecified atom stereocenters. The lowest BCUT2D eigenvalue weighted by Crippen LogP contribution is -2.46. The van der Waals surface area contributed by atoms with Gasteiger partial charge in [-0.2, -0.15) is 0 Å². The fraction of sp³-hybridized carbons (Fsp3) is 0.400. The average Bonchev–Trinajstić information content (AvgIpc) is 2.64. The molecular weight excluding hydrogens is 316 g/mol. The number of aliphatic carboxylic acids is 1. The normalized spacial score (nSPS) is 19.3. The minimum absolute atomic E-state index is 0.143. The molecule has 1 aliphatic rings. The third-order valence-electron chi connectivity index (χ3n) is 4.65. The zero-order chi connectivity index (χ0) is 17.6. The van der Waals surface area contributed by atoms with E-state index in [2.05, 4.69) is 9.88 Å². The maximum atomic E-state index is 11.8. The van der Waals surface area contributed by atoms with Gasteiger partial charge in [0.15, 0.2) is 0 Å². The Labute approximate surface area is 148 Å². The zero-order valence-corrected chi connectivity index (χ0v) is 14.5. The van der Waals surface area contributed by atoms with Gasteiger partial charge in [-0.05, 0) is 55.6 Å². The fourth-order valence-corrected chi connectivity index (χ4v) is 3.58. The first-order valence-corrected chi connectivity index (χ1v) is 8.82. The number of piperidine rings is 1. The highest BCUT2D eigenvalue weighted by molar-refractivity contribution is 5.73. The van der Waals surface area contributed by atoms with Crippen LogP contribution in [-0.4, -0.2) is 40.2 Å². The quantitative estimate of drug-likeness (QED) is 0.872. The van der Waals surface area contributed by atoms with Gasteiger partial charge in [0.1, 0.15) is 11.8 Å². The predicted octanol–water partition coefficient (Wildman–Crippen LogP) is 3.51. The Kier molecular flexibility index (Phi) is 5.66. The predicted molar refractivity (Wildman–Crippen MR) is 95.7 cm³/mol. The molecule has 0 bridgehead atoms. The number of benzene rings is 1. The van der Waals surface area contributed by atoms with Crippen LogP contribution < -0.4 is 4.74 Å². The number of carbonyl (C=O) groups is 1. The van der Waals surface area contributed by atoms with E-state index in [1.165, 1.54) is 0 Å². The van der Waals surface area contributed by atoms with Gasteiger partial charge in [-0.1, -0.05) is 24.6 Å². The van der Waals surface area contributed by atoms with Crippen LogP contribution in [0.3, 0.4) is 0 Å². The van der Waals surface area contributed by atoms with Crippen LogP contribution in [0, 0.1) is 0 Å². The molecule has 1 fully saturated rings. The van der Waals surface area contributed by atoms with E-state index in [1.807, 2.05) is 49.5 Å². The van der Waals surface area contributed by atoms with E-state index in [1.54, 1.807) is 6.20 Å². The molecule has 2 atom stereocenters. The molecule has 2 heterocycles. The largest absolute Gasteiger partial charge is 0.494 e. The minimum atomic E-state index is -0.755. The molecule has 2 aromatic rings. The second-order valence-corrected chi connectivity index (χ2v) is 6.28.